The summed E-state index contributed by atoms with van der Waals surface area (Å²) in [5.41, 5.74) is 0. The van der Waals surface area contributed by atoms with Crippen LogP contribution < -0.4 is 0 Å². The van der Waals surface area contributed by atoms with Crippen LogP contribution in [0.2, 0.25) is 0 Å². The van der Waals surface area contributed by atoms with E-state index in [4.69, 9.17) is 0 Å². The van der Waals surface area contributed by atoms with Gasteiger partial charge in [0.1, 0.15) is 0 Å². The SMILES string of the molecule is CC[C@@H]1CC[C@@H](C)N(C)C1. The van der Waals surface area contributed by atoms with Crippen LogP contribution in [0.15, 0.2) is 0 Å². The molecule has 0 aromatic carbocycles. The Bertz CT molecular complexity index is 101. The molecular weight excluding hydrogens is 122 g/mol. The van der Waals surface area contributed by atoms with E-state index in [2.05, 4.69) is 25.8 Å². The molecular formula is C9H19N. The first-order chi connectivity index (χ1) is 4.74. The first-order valence-corrected chi connectivity index (χ1v) is 4.44. The van der Waals surface area contributed by atoms with Crippen molar-refractivity contribution in [1.29, 1.82) is 0 Å². The maximum absolute atomic E-state index is 2.48. The second kappa shape index (κ2) is 3.38. The molecule has 1 heteroatoms. The van der Waals surface area contributed by atoms with Crippen molar-refractivity contribution in [2.75, 3.05) is 13.6 Å². The van der Waals surface area contributed by atoms with E-state index in [1.807, 2.05) is 0 Å². The lowest BCUT2D eigenvalue weighted by Crippen LogP contribution is -2.38. The molecule has 0 unspecified atom stereocenters. The van der Waals surface area contributed by atoms with Crippen LogP contribution in [0.3, 0.4) is 0 Å². The largest absolute Gasteiger partial charge is 0.303 e. The number of rotatable bonds is 1. The minimum Gasteiger partial charge on any atom is -0.303 e. The number of hydrogen-bond acceptors (Lipinski definition) is 1. The van der Waals surface area contributed by atoms with Gasteiger partial charge < -0.3 is 4.90 Å². The molecule has 0 amide bonds. The van der Waals surface area contributed by atoms with Crippen LogP contribution in [0.1, 0.15) is 33.1 Å². The molecule has 0 N–H and O–H groups in total. The Labute approximate surface area is 64.4 Å². The molecule has 0 aromatic heterocycles. The topological polar surface area (TPSA) is 3.24 Å². The fraction of sp³-hybridized carbons (Fsp3) is 1.00. The predicted octanol–water partition coefficient (Wildman–Crippen LogP) is 2.13. The highest BCUT2D eigenvalue weighted by Gasteiger charge is 2.20. The summed E-state index contributed by atoms with van der Waals surface area (Å²) in [4.78, 5) is 2.48. The van der Waals surface area contributed by atoms with Gasteiger partial charge in [-0.1, -0.05) is 13.3 Å². The molecule has 1 aliphatic heterocycles. The van der Waals surface area contributed by atoms with E-state index < -0.39 is 0 Å². The summed E-state index contributed by atoms with van der Waals surface area (Å²) < 4.78 is 0. The summed E-state index contributed by atoms with van der Waals surface area (Å²) in [6.07, 6.45) is 4.20. The Kier molecular flexibility index (Phi) is 2.72. The number of piperidine rings is 1. The highest BCUT2D eigenvalue weighted by molar-refractivity contribution is 4.75. The summed E-state index contributed by atoms with van der Waals surface area (Å²) in [5.74, 6) is 0.973. The number of nitrogens with zero attached hydrogens (tertiary/aromatic N) is 1. The normalized spacial score (nSPS) is 36.3. The molecule has 0 aliphatic carbocycles. The van der Waals surface area contributed by atoms with Crippen LogP contribution in [0.25, 0.3) is 0 Å². The lowest BCUT2D eigenvalue weighted by atomic mass is 9.92. The van der Waals surface area contributed by atoms with Gasteiger partial charge >= 0.3 is 0 Å². The maximum atomic E-state index is 2.48. The fourth-order valence-electron chi connectivity index (χ4n) is 1.71. The highest BCUT2D eigenvalue weighted by Crippen LogP contribution is 2.21. The van der Waals surface area contributed by atoms with Crippen molar-refractivity contribution in [2.45, 2.75) is 39.2 Å². The molecule has 1 aliphatic rings. The highest BCUT2D eigenvalue weighted by atomic mass is 15.1. The van der Waals surface area contributed by atoms with E-state index in [1.54, 1.807) is 0 Å². The van der Waals surface area contributed by atoms with Gasteiger partial charge in [0.05, 0.1) is 0 Å². The summed E-state index contributed by atoms with van der Waals surface area (Å²) >= 11 is 0. The summed E-state index contributed by atoms with van der Waals surface area (Å²) in [7, 11) is 2.24. The van der Waals surface area contributed by atoms with Crippen molar-refractivity contribution < 1.29 is 0 Å². The van der Waals surface area contributed by atoms with Crippen LogP contribution in [0.5, 0.6) is 0 Å². The zero-order valence-electron chi connectivity index (χ0n) is 7.43. The van der Waals surface area contributed by atoms with Crippen molar-refractivity contribution in [3.05, 3.63) is 0 Å². The molecule has 1 saturated heterocycles. The Balaban J connectivity index is 2.33. The summed E-state index contributed by atoms with van der Waals surface area (Å²) in [5, 5.41) is 0. The summed E-state index contributed by atoms with van der Waals surface area (Å²) in [6, 6.07) is 0.822. The van der Waals surface area contributed by atoms with Gasteiger partial charge in [-0.25, -0.2) is 0 Å². The van der Waals surface area contributed by atoms with Gasteiger partial charge in [0.15, 0.2) is 0 Å². The van der Waals surface area contributed by atoms with Crippen molar-refractivity contribution in [3.63, 3.8) is 0 Å². The third kappa shape index (κ3) is 1.72. The molecule has 0 spiro atoms. The second-order valence-corrected chi connectivity index (χ2v) is 3.64. The van der Waals surface area contributed by atoms with Gasteiger partial charge in [0.25, 0.3) is 0 Å². The Morgan fingerprint density at radius 2 is 2.10 bits per heavy atom. The molecule has 0 saturated carbocycles. The fourth-order valence-corrected chi connectivity index (χ4v) is 1.71. The number of likely N-dealkylation sites (tertiary alicyclic amines) is 1. The molecule has 60 valence electrons. The smallest absolute Gasteiger partial charge is 0.00641 e. The van der Waals surface area contributed by atoms with Gasteiger partial charge in [-0.2, -0.15) is 0 Å². The van der Waals surface area contributed by atoms with E-state index in [-0.39, 0.29) is 0 Å². The standard InChI is InChI=1S/C9H19N/c1-4-9-6-5-8(2)10(3)7-9/h8-9H,4-7H2,1-3H3/t8-,9-/m1/s1. The van der Waals surface area contributed by atoms with Crippen LogP contribution >= 0.6 is 0 Å². The zero-order valence-corrected chi connectivity index (χ0v) is 7.43. The van der Waals surface area contributed by atoms with E-state index in [0.29, 0.717) is 0 Å². The van der Waals surface area contributed by atoms with Crippen LogP contribution in [-0.4, -0.2) is 24.5 Å². The van der Waals surface area contributed by atoms with Gasteiger partial charge in [0.2, 0.25) is 0 Å². The molecule has 1 heterocycles. The first kappa shape index (κ1) is 8.06. The average molecular weight is 141 g/mol. The molecule has 2 atom stereocenters. The van der Waals surface area contributed by atoms with E-state index in [1.165, 1.54) is 25.8 Å². The monoisotopic (exact) mass is 141 g/mol. The second-order valence-electron chi connectivity index (χ2n) is 3.64. The van der Waals surface area contributed by atoms with Crippen LogP contribution in [-0.2, 0) is 0 Å². The van der Waals surface area contributed by atoms with Crippen molar-refractivity contribution >= 4 is 0 Å². The third-order valence-electron chi connectivity index (χ3n) is 2.87. The third-order valence-corrected chi connectivity index (χ3v) is 2.87. The Morgan fingerprint density at radius 3 is 2.60 bits per heavy atom. The van der Waals surface area contributed by atoms with Gasteiger partial charge in [-0.15, -0.1) is 0 Å². The molecule has 1 nitrogen and oxygen atoms in total. The van der Waals surface area contributed by atoms with E-state index in [9.17, 15) is 0 Å². The minimum absolute atomic E-state index is 0.822. The van der Waals surface area contributed by atoms with Crippen molar-refractivity contribution in [2.24, 2.45) is 5.92 Å². The average Bonchev–Trinajstić information content (AvgIpc) is 1.95. The van der Waals surface area contributed by atoms with Gasteiger partial charge in [-0.05, 0) is 32.7 Å². The predicted molar refractivity (Wildman–Crippen MR) is 45.1 cm³/mol. The van der Waals surface area contributed by atoms with Crippen molar-refractivity contribution in [1.82, 2.24) is 4.90 Å². The van der Waals surface area contributed by atoms with Crippen LogP contribution in [0, 0.1) is 5.92 Å². The summed E-state index contributed by atoms with van der Waals surface area (Å²) in [6.45, 7) is 5.94. The minimum atomic E-state index is 0.822. The molecule has 0 bridgehead atoms. The molecule has 0 aromatic rings. The zero-order chi connectivity index (χ0) is 7.56. The lowest BCUT2D eigenvalue weighted by molar-refractivity contribution is 0.147. The Hall–Kier alpha value is -0.0400. The van der Waals surface area contributed by atoms with Crippen molar-refractivity contribution in [3.8, 4) is 0 Å². The van der Waals surface area contributed by atoms with E-state index >= 15 is 0 Å². The molecule has 1 rings (SSSR count). The van der Waals surface area contributed by atoms with Gasteiger partial charge in [0, 0.05) is 12.6 Å². The van der Waals surface area contributed by atoms with Crippen LogP contribution in [0.4, 0.5) is 0 Å². The van der Waals surface area contributed by atoms with E-state index in [0.717, 1.165) is 12.0 Å². The van der Waals surface area contributed by atoms with Gasteiger partial charge in [-0.3, -0.25) is 0 Å². The molecule has 0 radical (unpaired) electrons. The molecule has 1 fully saturated rings. The Morgan fingerprint density at radius 1 is 1.40 bits per heavy atom. The maximum Gasteiger partial charge on any atom is 0.00641 e. The quantitative estimate of drug-likeness (QED) is 0.540. The lowest BCUT2D eigenvalue weighted by Gasteiger charge is -2.34. The first-order valence-electron chi connectivity index (χ1n) is 4.44. The molecule has 10 heavy (non-hydrogen) atoms. The number of hydrogen-bond donors (Lipinski definition) is 0.